The number of carboxylic acids is 1. The SMILES string of the molecule is COC1CC(c2ccccc2)c2c(O)ccc(CC(=O)O)c2O1. The third kappa shape index (κ3) is 3.00. The van der Waals surface area contributed by atoms with Crippen molar-refractivity contribution in [3.8, 4) is 11.5 Å². The molecule has 23 heavy (non-hydrogen) atoms. The molecule has 0 bridgehead atoms. The van der Waals surface area contributed by atoms with Crippen molar-refractivity contribution in [1.82, 2.24) is 0 Å². The molecule has 120 valence electrons. The number of ether oxygens (including phenoxy) is 2. The van der Waals surface area contributed by atoms with Crippen molar-refractivity contribution in [2.75, 3.05) is 7.11 Å². The number of rotatable bonds is 4. The zero-order chi connectivity index (χ0) is 16.4. The number of benzene rings is 2. The molecule has 2 atom stereocenters. The molecule has 1 heterocycles. The first kappa shape index (κ1) is 15.4. The van der Waals surface area contributed by atoms with E-state index in [0.29, 0.717) is 23.3 Å². The molecule has 0 radical (unpaired) electrons. The van der Waals surface area contributed by atoms with E-state index in [0.717, 1.165) is 5.56 Å². The highest BCUT2D eigenvalue weighted by Gasteiger charge is 2.33. The van der Waals surface area contributed by atoms with Crippen LogP contribution in [0.5, 0.6) is 11.5 Å². The van der Waals surface area contributed by atoms with Gasteiger partial charge in [0.2, 0.25) is 0 Å². The lowest BCUT2D eigenvalue weighted by atomic mass is 9.84. The molecule has 0 aliphatic carbocycles. The van der Waals surface area contributed by atoms with E-state index in [2.05, 4.69) is 0 Å². The summed E-state index contributed by atoms with van der Waals surface area (Å²) >= 11 is 0. The van der Waals surface area contributed by atoms with Crippen LogP contribution in [-0.2, 0) is 16.0 Å². The van der Waals surface area contributed by atoms with Crippen LogP contribution in [0.15, 0.2) is 42.5 Å². The van der Waals surface area contributed by atoms with E-state index in [4.69, 9.17) is 14.6 Å². The Kier molecular flexibility index (Phi) is 4.21. The van der Waals surface area contributed by atoms with Gasteiger partial charge in [-0.1, -0.05) is 36.4 Å². The minimum atomic E-state index is -0.947. The number of aromatic hydroxyl groups is 1. The molecule has 5 heteroatoms. The summed E-state index contributed by atoms with van der Waals surface area (Å²) in [4.78, 5) is 11.1. The van der Waals surface area contributed by atoms with Crippen LogP contribution in [0.1, 0.15) is 29.0 Å². The van der Waals surface area contributed by atoms with Crippen LogP contribution in [0, 0.1) is 0 Å². The van der Waals surface area contributed by atoms with Crippen molar-refractivity contribution >= 4 is 5.97 Å². The van der Waals surface area contributed by atoms with Crippen LogP contribution < -0.4 is 4.74 Å². The average molecular weight is 314 g/mol. The Bertz CT molecular complexity index is 711. The summed E-state index contributed by atoms with van der Waals surface area (Å²) in [6, 6.07) is 12.9. The van der Waals surface area contributed by atoms with Gasteiger partial charge in [0, 0.05) is 30.6 Å². The number of carbonyl (C=O) groups is 1. The minimum Gasteiger partial charge on any atom is -0.508 e. The number of aliphatic carboxylic acids is 1. The van der Waals surface area contributed by atoms with E-state index >= 15 is 0 Å². The number of phenols is 1. The molecule has 0 fully saturated rings. The highest BCUT2D eigenvalue weighted by molar-refractivity contribution is 5.72. The Morgan fingerprint density at radius 3 is 2.65 bits per heavy atom. The fourth-order valence-corrected chi connectivity index (χ4v) is 3.03. The second-order valence-corrected chi connectivity index (χ2v) is 5.54. The van der Waals surface area contributed by atoms with Crippen LogP contribution in [-0.4, -0.2) is 29.6 Å². The summed E-state index contributed by atoms with van der Waals surface area (Å²) in [5, 5.41) is 19.4. The van der Waals surface area contributed by atoms with E-state index in [1.165, 1.54) is 6.07 Å². The highest BCUT2D eigenvalue weighted by atomic mass is 16.7. The van der Waals surface area contributed by atoms with E-state index in [1.54, 1.807) is 13.2 Å². The number of fused-ring (bicyclic) bond motifs is 1. The molecule has 2 N–H and O–H groups in total. The van der Waals surface area contributed by atoms with E-state index in [9.17, 15) is 9.90 Å². The first-order chi connectivity index (χ1) is 11.1. The summed E-state index contributed by atoms with van der Waals surface area (Å²) in [7, 11) is 1.55. The third-order valence-electron chi connectivity index (χ3n) is 4.09. The van der Waals surface area contributed by atoms with Gasteiger partial charge in [-0.05, 0) is 11.6 Å². The van der Waals surface area contributed by atoms with Crippen LogP contribution in [0.3, 0.4) is 0 Å². The van der Waals surface area contributed by atoms with E-state index in [-0.39, 0.29) is 18.1 Å². The molecule has 0 aromatic heterocycles. The van der Waals surface area contributed by atoms with Crippen molar-refractivity contribution in [2.45, 2.75) is 25.0 Å². The molecule has 5 nitrogen and oxygen atoms in total. The molecule has 1 aliphatic rings. The first-order valence-corrected chi connectivity index (χ1v) is 7.41. The van der Waals surface area contributed by atoms with Gasteiger partial charge in [-0.25, -0.2) is 0 Å². The number of hydrogen-bond donors (Lipinski definition) is 2. The standard InChI is InChI=1S/C18H18O5/c1-22-16-10-13(11-5-3-2-4-6-11)17-14(19)8-7-12(9-15(20)21)18(17)23-16/h2-8,13,16,19H,9-10H2,1H3,(H,20,21). The van der Waals surface area contributed by atoms with Gasteiger partial charge < -0.3 is 19.7 Å². The number of hydrogen-bond acceptors (Lipinski definition) is 4. The van der Waals surface area contributed by atoms with Gasteiger partial charge in [0.1, 0.15) is 11.5 Å². The molecule has 2 aromatic rings. The fourth-order valence-electron chi connectivity index (χ4n) is 3.03. The quantitative estimate of drug-likeness (QED) is 0.907. The molecule has 0 saturated heterocycles. The molecule has 0 spiro atoms. The van der Waals surface area contributed by atoms with Crippen molar-refractivity contribution in [1.29, 1.82) is 0 Å². The Balaban J connectivity index is 2.14. The second-order valence-electron chi connectivity index (χ2n) is 5.54. The second kappa shape index (κ2) is 6.30. The molecule has 3 rings (SSSR count). The lowest BCUT2D eigenvalue weighted by Crippen LogP contribution is -2.28. The average Bonchev–Trinajstić information content (AvgIpc) is 2.57. The van der Waals surface area contributed by atoms with Crippen LogP contribution in [0.2, 0.25) is 0 Å². The van der Waals surface area contributed by atoms with Gasteiger partial charge in [0.15, 0.2) is 6.29 Å². The Morgan fingerprint density at radius 2 is 2.00 bits per heavy atom. The van der Waals surface area contributed by atoms with Crippen molar-refractivity contribution < 1.29 is 24.5 Å². The normalized spacial score (nSPS) is 19.7. The van der Waals surface area contributed by atoms with E-state index < -0.39 is 12.3 Å². The van der Waals surface area contributed by atoms with Gasteiger partial charge in [-0.15, -0.1) is 0 Å². The summed E-state index contributed by atoms with van der Waals surface area (Å²) in [5.41, 5.74) is 2.19. The van der Waals surface area contributed by atoms with Crippen molar-refractivity contribution in [3.63, 3.8) is 0 Å². The van der Waals surface area contributed by atoms with Gasteiger partial charge in [-0.2, -0.15) is 0 Å². The summed E-state index contributed by atoms with van der Waals surface area (Å²) in [6.07, 6.45) is -0.0972. The van der Waals surface area contributed by atoms with Crippen LogP contribution >= 0.6 is 0 Å². The van der Waals surface area contributed by atoms with Gasteiger partial charge in [0.05, 0.1) is 6.42 Å². The zero-order valence-electron chi connectivity index (χ0n) is 12.7. The van der Waals surface area contributed by atoms with Crippen LogP contribution in [0.25, 0.3) is 0 Å². The first-order valence-electron chi connectivity index (χ1n) is 7.41. The van der Waals surface area contributed by atoms with Gasteiger partial charge >= 0.3 is 5.97 Å². The lowest BCUT2D eigenvalue weighted by Gasteiger charge is -2.33. The smallest absolute Gasteiger partial charge is 0.307 e. The largest absolute Gasteiger partial charge is 0.508 e. The molecular weight excluding hydrogens is 296 g/mol. The maximum Gasteiger partial charge on any atom is 0.307 e. The predicted octanol–water partition coefficient (Wildman–Crippen LogP) is 2.91. The highest BCUT2D eigenvalue weighted by Crippen LogP contribution is 2.46. The Hall–Kier alpha value is -2.53. The summed E-state index contributed by atoms with van der Waals surface area (Å²) < 4.78 is 11.1. The van der Waals surface area contributed by atoms with Crippen molar-refractivity contribution in [2.24, 2.45) is 0 Å². The number of carboxylic acid groups (broad SMARTS) is 1. The summed E-state index contributed by atoms with van der Waals surface area (Å²) in [5.74, 6) is -0.534. The minimum absolute atomic E-state index is 0.109. The predicted molar refractivity (Wildman–Crippen MR) is 83.8 cm³/mol. The molecule has 0 amide bonds. The Morgan fingerprint density at radius 1 is 1.26 bits per heavy atom. The number of phenolic OH excluding ortho intramolecular Hbond substituents is 1. The Labute approximate surface area is 134 Å². The van der Waals surface area contributed by atoms with Gasteiger partial charge in [0.25, 0.3) is 0 Å². The molecule has 1 aliphatic heterocycles. The van der Waals surface area contributed by atoms with Crippen LogP contribution in [0.4, 0.5) is 0 Å². The fraction of sp³-hybridized carbons (Fsp3) is 0.278. The number of methoxy groups -OCH3 is 1. The maximum absolute atomic E-state index is 11.1. The molecular formula is C18H18O5. The monoisotopic (exact) mass is 314 g/mol. The molecule has 2 aromatic carbocycles. The maximum atomic E-state index is 11.1. The molecule has 2 unspecified atom stereocenters. The van der Waals surface area contributed by atoms with E-state index in [1.807, 2.05) is 30.3 Å². The van der Waals surface area contributed by atoms with Crippen molar-refractivity contribution in [3.05, 3.63) is 59.2 Å². The zero-order valence-corrected chi connectivity index (χ0v) is 12.7. The summed E-state index contributed by atoms with van der Waals surface area (Å²) in [6.45, 7) is 0. The molecule has 0 saturated carbocycles. The van der Waals surface area contributed by atoms with Gasteiger partial charge in [-0.3, -0.25) is 4.79 Å². The topological polar surface area (TPSA) is 76.0 Å². The third-order valence-corrected chi connectivity index (χ3v) is 4.09. The lowest BCUT2D eigenvalue weighted by molar-refractivity contribution is -0.136.